The van der Waals surface area contributed by atoms with Gasteiger partial charge < -0.3 is 5.32 Å². The third kappa shape index (κ3) is 3.01. The van der Waals surface area contributed by atoms with Crippen molar-refractivity contribution >= 4 is 0 Å². The van der Waals surface area contributed by atoms with Crippen LogP contribution in [-0.4, -0.2) is 18.6 Å². The number of hydrogen-bond donors (Lipinski definition) is 1. The topological polar surface area (TPSA) is 24.9 Å². The van der Waals surface area contributed by atoms with E-state index in [2.05, 4.69) is 23.3 Å². The molecule has 0 radical (unpaired) electrons. The Kier molecular flexibility index (Phi) is 3.74. The Balaban J connectivity index is 2.41. The predicted molar refractivity (Wildman–Crippen MR) is 51.0 cm³/mol. The molecular formula is C10H16N2. The van der Waals surface area contributed by atoms with Crippen molar-refractivity contribution in [1.82, 2.24) is 10.3 Å². The molecule has 0 spiro atoms. The highest BCUT2D eigenvalue weighted by Gasteiger charge is 2.01. The van der Waals surface area contributed by atoms with Gasteiger partial charge in [0.25, 0.3) is 0 Å². The van der Waals surface area contributed by atoms with Crippen LogP contribution in [-0.2, 0) is 6.42 Å². The minimum atomic E-state index is 0.657. The van der Waals surface area contributed by atoms with Crippen LogP contribution in [0.2, 0.25) is 0 Å². The molecule has 2 heteroatoms. The first-order valence-electron chi connectivity index (χ1n) is 4.37. The van der Waals surface area contributed by atoms with Gasteiger partial charge in [-0.3, -0.25) is 4.98 Å². The summed E-state index contributed by atoms with van der Waals surface area (Å²) in [6.07, 6.45) is 2.91. The van der Waals surface area contributed by atoms with Crippen molar-refractivity contribution in [2.75, 3.05) is 13.6 Å². The Morgan fingerprint density at radius 3 is 2.92 bits per heavy atom. The van der Waals surface area contributed by atoms with Crippen LogP contribution < -0.4 is 5.32 Å². The summed E-state index contributed by atoms with van der Waals surface area (Å²) in [5.41, 5.74) is 1.18. The maximum absolute atomic E-state index is 4.27. The minimum Gasteiger partial charge on any atom is -0.319 e. The van der Waals surface area contributed by atoms with Crippen LogP contribution in [0.5, 0.6) is 0 Å². The maximum Gasteiger partial charge on any atom is 0.0406 e. The van der Waals surface area contributed by atoms with Crippen LogP contribution in [0.4, 0.5) is 0 Å². The van der Waals surface area contributed by atoms with Crippen LogP contribution in [0, 0.1) is 5.92 Å². The van der Waals surface area contributed by atoms with Crippen molar-refractivity contribution in [1.29, 1.82) is 0 Å². The molecule has 2 nitrogen and oxygen atoms in total. The van der Waals surface area contributed by atoms with E-state index in [9.17, 15) is 0 Å². The fraction of sp³-hybridized carbons (Fsp3) is 0.500. The van der Waals surface area contributed by atoms with Gasteiger partial charge in [0.2, 0.25) is 0 Å². The molecular weight excluding hydrogens is 148 g/mol. The highest BCUT2D eigenvalue weighted by atomic mass is 14.8. The zero-order valence-electron chi connectivity index (χ0n) is 7.75. The normalized spacial score (nSPS) is 12.8. The third-order valence-corrected chi connectivity index (χ3v) is 1.84. The zero-order chi connectivity index (χ0) is 8.81. The van der Waals surface area contributed by atoms with Gasteiger partial charge in [0.05, 0.1) is 0 Å². The molecule has 1 N–H and O–H groups in total. The molecule has 1 heterocycles. The summed E-state index contributed by atoms with van der Waals surface area (Å²) in [6.45, 7) is 3.28. The number of nitrogens with zero attached hydrogens (tertiary/aromatic N) is 1. The summed E-state index contributed by atoms with van der Waals surface area (Å²) >= 11 is 0. The summed E-state index contributed by atoms with van der Waals surface area (Å²) in [7, 11) is 1.98. The van der Waals surface area contributed by atoms with Crippen molar-refractivity contribution < 1.29 is 0 Å². The lowest BCUT2D eigenvalue weighted by Crippen LogP contribution is -2.18. The number of hydrogen-bond acceptors (Lipinski definition) is 2. The highest BCUT2D eigenvalue weighted by molar-refractivity contribution is 5.04. The van der Waals surface area contributed by atoms with Gasteiger partial charge in [-0.2, -0.15) is 0 Å². The van der Waals surface area contributed by atoms with Crippen molar-refractivity contribution in [2.24, 2.45) is 5.92 Å². The fourth-order valence-electron chi connectivity index (χ4n) is 1.30. The SMILES string of the molecule is CNC[C@H](C)Cc1ccccn1. The molecule has 12 heavy (non-hydrogen) atoms. The monoisotopic (exact) mass is 164 g/mol. The maximum atomic E-state index is 4.27. The lowest BCUT2D eigenvalue weighted by Gasteiger charge is -2.08. The lowest BCUT2D eigenvalue weighted by atomic mass is 10.1. The van der Waals surface area contributed by atoms with Crippen molar-refractivity contribution in [3.63, 3.8) is 0 Å². The molecule has 1 rings (SSSR count). The van der Waals surface area contributed by atoms with Gasteiger partial charge >= 0.3 is 0 Å². The molecule has 0 unspecified atom stereocenters. The van der Waals surface area contributed by atoms with E-state index in [0.717, 1.165) is 13.0 Å². The number of aromatic nitrogens is 1. The summed E-state index contributed by atoms with van der Waals surface area (Å²) in [5, 5.41) is 3.16. The van der Waals surface area contributed by atoms with E-state index in [-0.39, 0.29) is 0 Å². The molecule has 0 aliphatic carbocycles. The molecule has 0 saturated carbocycles. The quantitative estimate of drug-likeness (QED) is 0.729. The van der Waals surface area contributed by atoms with Gasteiger partial charge in [-0.15, -0.1) is 0 Å². The first-order valence-corrected chi connectivity index (χ1v) is 4.37. The van der Waals surface area contributed by atoms with Crippen LogP contribution in [0.15, 0.2) is 24.4 Å². The number of pyridine rings is 1. The summed E-state index contributed by atoms with van der Waals surface area (Å²) < 4.78 is 0. The first-order chi connectivity index (χ1) is 5.83. The molecule has 0 fully saturated rings. The second kappa shape index (κ2) is 4.88. The van der Waals surface area contributed by atoms with Crippen LogP contribution >= 0.6 is 0 Å². The lowest BCUT2D eigenvalue weighted by molar-refractivity contribution is 0.535. The first kappa shape index (κ1) is 9.20. The average molecular weight is 164 g/mol. The van der Waals surface area contributed by atoms with Gasteiger partial charge in [-0.1, -0.05) is 13.0 Å². The van der Waals surface area contributed by atoms with Crippen molar-refractivity contribution in [3.05, 3.63) is 30.1 Å². The summed E-state index contributed by atoms with van der Waals surface area (Å²) in [5.74, 6) is 0.657. The van der Waals surface area contributed by atoms with E-state index >= 15 is 0 Å². The Labute approximate surface area is 74.0 Å². The molecule has 66 valence electrons. The van der Waals surface area contributed by atoms with Crippen LogP contribution in [0.1, 0.15) is 12.6 Å². The molecule has 1 aromatic rings. The summed E-state index contributed by atoms with van der Waals surface area (Å²) in [4.78, 5) is 4.27. The van der Waals surface area contributed by atoms with Gasteiger partial charge in [0, 0.05) is 11.9 Å². The van der Waals surface area contributed by atoms with Gasteiger partial charge in [0.1, 0.15) is 0 Å². The number of rotatable bonds is 4. The standard InChI is InChI=1S/C10H16N2/c1-9(8-11-2)7-10-5-3-4-6-12-10/h3-6,9,11H,7-8H2,1-2H3/t9-/m1/s1. The Bertz CT molecular complexity index is 208. The highest BCUT2D eigenvalue weighted by Crippen LogP contribution is 2.03. The molecule has 1 atom stereocenters. The van der Waals surface area contributed by atoms with Crippen molar-refractivity contribution in [3.8, 4) is 0 Å². The molecule has 1 aromatic heterocycles. The Morgan fingerprint density at radius 2 is 2.33 bits per heavy atom. The third-order valence-electron chi connectivity index (χ3n) is 1.84. The van der Waals surface area contributed by atoms with E-state index in [1.54, 1.807) is 0 Å². The second-order valence-corrected chi connectivity index (χ2v) is 3.19. The molecule has 0 saturated heterocycles. The van der Waals surface area contributed by atoms with Gasteiger partial charge in [0.15, 0.2) is 0 Å². The van der Waals surface area contributed by atoms with E-state index in [4.69, 9.17) is 0 Å². The van der Waals surface area contributed by atoms with Gasteiger partial charge in [-0.05, 0) is 38.1 Å². The largest absolute Gasteiger partial charge is 0.319 e. The average Bonchev–Trinajstić information content (AvgIpc) is 2.06. The predicted octanol–water partition coefficient (Wildman–Crippen LogP) is 1.48. The van der Waals surface area contributed by atoms with Crippen molar-refractivity contribution in [2.45, 2.75) is 13.3 Å². The van der Waals surface area contributed by atoms with Crippen LogP contribution in [0.3, 0.4) is 0 Å². The van der Waals surface area contributed by atoms with E-state index < -0.39 is 0 Å². The van der Waals surface area contributed by atoms with E-state index in [1.165, 1.54) is 5.69 Å². The Morgan fingerprint density at radius 1 is 1.50 bits per heavy atom. The Hall–Kier alpha value is -0.890. The molecule has 0 amide bonds. The number of nitrogens with one attached hydrogen (secondary N) is 1. The fourth-order valence-corrected chi connectivity index (χ4v) is 1.30. The van der Waals surface area contributed by atoms with E-state index in [0.29, 0.717) is 5.92 Å². The molecule has 0 aliphatic rings. The smallest absolute Gasteiger partial charge is 0.0406 e. The molecule has 0 aliphatic heterocycles. The van der Waals surface area contributed by atoms with Gasteiger partial charge in [-0.25, -0.2) is 0 Å². The van der Waals surface area contributed by atoms with E-state index in [1.807, 2.05) is 25.4 Å². The summed E-state index contributed by atoms with van der Waals surface area (Å²) in [6, 6.07) is 6.06. The molecule has 0 aromatic carbocycles. The molecule has 0 bridgehead atoms. The zero-order valence-corrected chi connectivity index (χ0v) is 7.75. The second-order valence-electron chi connectivity index (χ2n) is 3.19. The minimum absolute atomic E-state index is 0.657. The van der Waals surface area contributed by atoms with Crippen LogP contribution in [0.25, 0.3) is 0 Å².